The molecular formula is C26H36N4O3. The highest BCUT2D eigenvalue weighted by atomic mass is 16.2. The van der Waals surface area contributed by atoms with E-state index in [2.05, 4.69) is 5.32 Å². The van der Waals surface area contributed by atoms with Crippen molar-refractivity contribution < 1.29 is 14.4 Å². The Bertz CT molecular complexity index is 901. The number of nitrogens with zero attached hydrogens (tertiary/aromatic N) is 2. The molecule has 0 spiro atoms. The van der Waals surface area contributed by atoms with Crippen LogP contribution in [0, 0.1) is 12.8 Å². The summed E-state index contributed by atoms with van der Waals surface area (Å²) >= 11 is 0. The zero-order chi connectivity index (χ0) is 23.1. The Morgan fingerprint density at radius 1 is 0.939 bits per heavy atom. The molecule has 5 rings (SSSR count). The van der Waals surface area contributed by atoms with Gasteiger partial charge in [0, 0.05) is 36.2 Å². The van der Waals surface area contributed by atoms with Gasteiger partial charge in [0.1, 0.15) is 6.04 Å². The minimum absolute atomic E-state index is 0.0875. The Labute approximate surface area is 196 Å². The first kappa shape index (κ1) is 22.4. The molecule has 0 radical (unpaired) electrons. The first-order valence-corrected chi connectivity index (χ1v) is 12.7. The van der Waals surface area contributed by atoms with Crippen LogP contribution in [0.15, 0.2) is 24.3 Å². The van der Waals surface area contributed by atoms with Gasteiger partial charge in [-0.25, -0.2) is 0 Å². The molecule has 4 fully saturated rings. The Kier molecular flexibility index (Phi) is 6.16. The average Bonchev–Trinajstić information content (AvgIpc) is 3.73. The second-order valence-electron chi connectivity index (χ2n) is 10.6. The fourth-order valence-corrected chi connectivity index (χ4v) is 5.46. The lowest BCUT2D eigenvalue weighted by Crippen LogP contribution is -2.50. The van der Waals surface area contributed by atoms with E-state index in [1.165, 1.54) is 0 Å². The van der Waals surface area contributed by atoms with E-state index in [-0.39, 0.29) is 47.8 Å². The van der Waals surface area contributed by atoms with Gasteiger partial charge in [0.05, 0.1) is 6.04 Å². The van der Waals surface area contributed by atoms with Crippen LogP contribution < -0.4 is 11.1 Å². The third-order valence-electron chi connectivity index (χ3n) is 7.77. The third-order valence-corrected chi connectivity index (χ3v) is 7.77. The van der Waals surface area contributed by atoms with Gasteiger partial charge in [0.15, 0.2) is 0 Å². The smallest absolute Gasteiger partial charge is 0.254 e. The molecule has 3 saturated carbocycles. The highest BCUT2D eigenvalue weighted by Crippen LogP contribution is 2.39. The van der Waals surface area contributed by atoms with Crippen LogP contribution in [0.25, 0.3) is 0 Å². The summed E-state index contributed by atoms with van der Waals surface area (Å²) in [5.41, 5.74) is 7.71. The van der Waals surface area contributed by atoms with E-state index in [0.717, 1.165) is 56.9 Å². The fourth-order valence-electron chi connectivity index (χ4n) is 5.46. The molecule has 7 nitrogen and oxygen atoms in total. The first-order valence-electron chi connectivity index (χ1n) is 12.7. The molecule has 0 aromatic heterocycles. The summed E-state index contributed by atoms with van der Waals surface area (Å²) in [6, 6.07) is 7.48. The molecule has 3 N–H and O–H groups in total. The molecule has 4 aliphatic rings. The van der Waals surface area contributed by atoms with E-state index in [9.17, 15) is 14.4 Å². The van der Waals surface area contributed by atoms with E-state index in [4.69, 9.17) is 5.73 Å². The summed E-state index contributed by atoms with van der Waals surface area (Å²) in [5.74, 6) is 0.157. The highest BCUT2D eigenvalue weighted by molar-refractivity contribution is 5.98. The summed E-state index contributed by atoms with van der Waals surface area (Å²) in [4.78, 5) is 43.8. The monoisotopic (exact) mass is 452 g/mol. The Morgan fingerprint density at radius 3 is 2.21 bits per heavy atom. The van der Waals surface area contributed by atoms with Gasteiger partial charge in [0.2, 0.25) is 11.8 Å². The standard InChI is InChI=1S/C26H36N4O3/c1-16-2-4-17(5-3-16)25(32)29-15-22(30(21-12-13-21)26(33)18-6-7-18)14-23(29)24(31)28-20-10-8-19(27)9-11-20/h2-5,18-23H,6-15,27H2,1H3,(H,28,31). The van der Waals surface area contributed by atoms with Gasteiger partial charge >= 0.3 is 0 Å². The molecule has 178 valence electrons. The van der Waals surface area contributed by atoms with Gasteiger partial charge in [-0.2, -0.15) is 0 Å². The van der Waals surface area contributed by atoms with Crippen molar-refractivity contribution in [3.63, 3.8) is 0 Å². The lowest BCUT2D eigenvalue weighted by molar-refractivity contribution is -0.135. The van der Waals surface area contributed by atoms with Crippen LogP contribution in [0.2, 0.25) is 0 Å². The molecule has 3 aliphatic carbocycles. The number of hydrogen-bond acceptors (Lipinski definition) is 4. The Morgan fingerprint density at radius 2 is 1.61 bits per heavy atom. The predicted octanol–water partition coefficient (Wildman–Crippen LogP) is 2.37. The molecule has 1 aromatic carbocycles. The molecular weight excluding hydrogens is 416 g/mol. The number of amides is 3. The Hall–Kier alpha value is -2.41. The summed E-state index contributed by atoms with van der Waals surface area (Å²) < 4.78 is 0. The van der Waals surface area contributed by atoms with Gasteiger partial charge < -0.3 is 20.9 Å². The lowest BCUT2D eigenvalue weighted by atomic mass is 9.91. The summed E-state index contributed by atoms with van der Waals surface area (Å²) in [6.45, 7) is 2.42. The van der Waals surface area contributed by atoms with Crippen LogP contribution in [0.1, 0.15) is 73.7 Å². The topological polar surface area (TPSA) is 95.7 Å². The molecule has 2 unspecified atom stereocenters. The fraction of sp³-hybridized carbons (Fsp3) is 0.654. The maximum absolute atomic E-state index is 13.5. The molecule has 33 heavy (non-hydrogen) atoms. The average molecular weight is 453 g/mol. The number of carbonyl (C=O) groups is 3. The number of nitrogens with one attached hydrogen (secondary N) is 1. The number of likely N-dealkylation sites (tertiary alicyclic amines) is 1. The molecule has 1 aromatic rings. The number of aryl methyl sites for hydroxylation is 1. The first-order chi connectivity index (χ1) is 15.9. The normalized spacial score (nSPS) is 29.6. The maximum Gasteiger partial charge on any atom is 0.254 e. The number of rotatable bonds is 6. The van der Waals surface area contributed by atoms with Crippen LogP contribution in [-0.2, 0) is 9.59 Å². The second-order valence-corrected chi connectivity index (χ2v) is 10.6. The largest absolute Gasteiger partial charge is 0.352 e. The summed E-state index contributed by atoms with van der Waals surface area (Å²) in [6.07, 6.45) is 8.09. The zero-order valence-electron chi connectivity index (χ0n) is 19.5. The van der Waals surface area contributed by atoms with Crippen molar-refractivity contribution in [1.82, 2.24) is 15.1 Å². The minimum Gasteiger partial charge on any atom is -0.352 e. The van der Waals surface area contributed by atoms with E-state index >= 15 is 0 Å². The minimum atomic E-state index is -0.548. The van der Waals surface area contributed by atoms with Crippen molar-refractivity contribution in [2.24, 2.45) is 11.7 Å². The molecule has 2 atom stereocenters. The van der Waals surface area contributed by atoms with Crippen LogP contribution in [-0.4, -0.2) is 64.3 Å². The molecule has 3 amide bonds. The van der Waals surface area contributed by atoms with Crippen LogP contribution in [0.4, 0.5) is 0 Å². The van der Waals surface area contributed by atoms with Crippen molar-refractivity contribution in [2.75, 3.05) is 6.54 Å². The van der Waals surface area contributed by atoms with E-state index in [1.807, 2.05) is 36.1 Å². The van der Waals surface area contributed by atoms with Gasteiger partial charge in [-0.05, 0) is 76.8 Å². The predicted molar refractivity (Wildman–Crippen MR) is 125 cm³/mol. The number of hydrogen-bond donors (Lipinski definition) is 2. The van der Waals surface area contributed by atoms with Gasteiger partial charge in [0.25, 0.3) is 5.91 Å². The van der Waals surface area contributed by atoms with E-state index in [0.29, 0.717) is 18.5 Å². The molecule has 1 aliphatic heterocycles. The SMILES string of the molecule is Cc1ccc(C(=O)N2CC(N(C(=O)C3CC3)C3CC3)CC2C(=O)NC2CCC(N)CC2)cc1. The number of nitrogens with two attached hydrogens (primary N) is 1. The second kappa shape index (κ2) is 9.09. The van der Waals surface area contributed by atoms with Crippen molar-refractivity contribution in [3.05, 3.63) is 35.4 Å². The van der Waals surface area contributed by atoms with Crippen molar-refractivity contribution in [2.45, 2.75) is 94.9 Å². The quantitative estimate of drug-likeness (QED) is 0.693. The Balaban J connectivity index is 1.35. The van der Waals surface area contributed by atoms with E-state index < -0.39 is 6.04 Å². The summed E-state index contributed by atoms with van der Waals surface area (Å²) in [5, 5.41) is 3.20. The number of benzene rings is 1. The number of carbonyl (C=O) groups excluding carboxylic acids is 3. The van der Waals surface area contributed by atoms with Crippen LogP contribution in [0.3, 0.4) is 0 Å². The molecule has 7 heteroatoms. The van der Waals surface area contributed by atoms with Gasteiger partial charge in [-0.15, -0.1) is 0 Å². The highest BCUT2D eigenvalue weighted by Gasteiger charge is 2.49. The van der Waals surface area contributed by atoms with Crippen molar-refractivity contribution in [1.29, 1.82) is 0 Å². The third kappa shape index (κ3) is 4.93. The van der Waals surface area contributed by atoms with Crippen LogP contribution in [0.5, 0.6) is 0 Å². The molecule has 1 saturated heterocycles. The van der Waals surface area contributed by atoms with Crippen molar-refractivity contribution >= 4 is 17.7 Å². The van der Waals surface area contributed by atoms with Crippen LogP contribution >= 0.6 is 0 Å². The van der Waals surface area contributed by atoms with Gasteiger partial charge in [-0.1, -0.05) is 17.7 Å². The van der Waals surface area contributed by atoms with Gasteiger partial charge in [-0.3, -0.25) is 14.4 Å². The zero-order valence-corrected chi connectivity index (χ0v) is 19.5. The van der Waals surface area contributed by atoms with E-state index in [1.54, 1.807) is 4.90 Å². The van der Waals surface area contributed by atoms with Crippen molar-refractivity contribution in [3.8, 4) is 0 Å². The molecule has 1 heterocycles. The molecule has 0 bridgehead atoms. The maximum atomic E-state index is 13.5. The lowest BCUT2D eigenvalue weighted by Gasteiger charge is -2.30. The summed E-state index contributed by atoms with van der Waals surface area (Å²) in [7, 11) is 0.